The second kappa shape index (κ2) is 6.97. The summed E-state index contributed by atoms with van der Waals surface area (Å²) in [6.45, 7) is 2.09. The predicted molar refractivity (Wildman–Crippen MR) is 93.2 cm³/mol. The van der Waals surface area contributed by atoms with Crippen molar-refractivity contribution in [1.82, 2.24) is 0 Å². The fourth-order valence-electron chi connectivity index (χ4n) is 2.72. The van der Waals surface area contributed by atoms with Crippen molar-refractivity contribution >= 4 is 17.5 Å². The molecule has 0 bridgehead atoms. The minimum Gasteiger partial charge on any atom is -0.295 e. The topological polar surface area (TPSA) is 17.1 Å². The van der Waals surface area contributed by atoms with Crippen LogP contribution in [0.2, 0.25) is 0 Å². The zero-order valence-corrected chi connectivity index (χ0v) is 13.6. The van der Waals surface area contributed by atoms with Crippen LogP contribution in [-0.4, -0.2) is 5.78 Å². The summed E-state index contributed by atoms with van der Waals surface area (Å²) in [5.41, 5.74) is 3.44. The van der Waals surface area contributed by atoms with Crippen LogP contribution in [0.4, 0.5) is 0 Å². The number of thioether (sulfide) groups is 1. The van der Waals surface area contributed by atoms with Crippen molar-refractivity contribution in [2.45, 2.75) is 36.3 Å². The predicted octanol–water partition coefficient (Wildman–Crippen LogP) is 5.51. The molecule has 112 valence electrons. The summed E-state index contributed by atoms with van der Waals surface area (Å²) in [4.78, 5) is 13.6. The lowest BCUT2D eigenvalue weighted by Crippen LogP contribution is -2.13. The molecule has 0 aliphatic heterocycles. The third-order valence-corrected chi connectivity index (χ3v) is 5.26. The van der Waals surface area contributed by atoms with E-state index >= 15 is 0 Å². The number of Topliss-reactive ketones (excluding diaryl/α,β-unsaturated/α-hetero) is 1. The maximum absolute atomic E-state index is 12.4. The Morgan fingerprint density at radius 3 is 2.41 bits per heavy atom. The van der Waals surface area contributed by atoms with Crippen molar-refractivity contribution in [2.24, 2.45) is 0 Å². The maximum Gasteiger partial charge on any atom is 0.160 e. The molecule has 0 heterocycles. The summed E-state index contributed by atoms with van der Waals surface area (Å²) in [7, 11) is 0. The fraction of sp³-hybridized carbons (Fsp3) is 0.250. The molecule has 0 amide bonds. The minimum absolute atomic E-state index is 0.0942. The van der Waals surface area contributed by atoms with E-state index in [2.05, 4.69) is 49.4 Å². The highest BCUT2D eigenvalue weighted by Gasteiger charge is 2.25. The van der Waals surface area contributed by atoms with E-state index in [1.165, 1.54) is 16.0 Å². The van der Waals surface area contributed by atoms with Gasteiger partial charge in [-0.1, -0.05) is 54.1 Å². The molecule has 0 aromatic heterocycles. The highest BCUT2D eigenvalue weighted by atomic mass is 32.2. The van der Waals surface area contributed by atoms with Crippen molar-refractivity contribution in [1.29, 1.82) is 0 Å². The van der Waals surface area contributed by atoms with Gasteiger partial charge in [-0.15, -0.1) is 11.8 Å². The quantitative estimate of drug-likeness (QED) is 0.693. The van der Waals surface area contributed by atoms with Crippen LogP contribution >= 0.6 is 11.8 Å². The van der Waals surface area contributed by atoms with Gasteiger partial charge in [0.2, 0.25) is 0 Å². The Balaban J connectivity index is 1.94. The molecule has 1 unspecified atom stereocenters. The van der Waals surface area contributed by atoms with E-state index < -0.39 is 0 Å². The zero-order chi connectivity index (χ0) is 15.4. The first-order valence-corrected chi connectivity index (χ1v) is 8.63. The lowest BCUT2D eigenvalue weighted by Gasteiger charge is -2.22. The Morgan fingerprint density at radius 2 is 1.73 bits per heavy atom. The van der Waals surface area contributed by atoms with E-state index in [0.717, 1.165) is 18.4 Å². The first-order chi connectivity index (χ1) is 10.7. The molecule has 0 spiro atoms. The molecule has 0 saturated carbocycles. The molecule has 0 fully saturated rings. The van der Waals surface area contributed by atoms with Crippen LogP contribution in [0.5, 0.6) is 0 Å². The lowest BCUT2D eigenvalue weighted by molar-refractivity contribution is -0.116. The molecule has 2 aromatic rings. The van der Waals surface area contributed by atoms with Crippen LogP contribution in [0.25, 0.3) is 0 Å². The molecule has 1 aliphatic carbocycles. The summed E-state index contributed by atoms with van der Waals surface area (Å²) >= 11 is 1.77. The van der Waals surface area contributed by atoms with Crippen molar-refractivity contribution in [2.75, 3.05) is 0 Å². The van der Waals surface area contributed by atoms with E-state index in [4.69, 9.17) is 0 Å². The van der Waals surface area contributed by atoms with Gasteiger partial charge in [-0.2, -0.15) is 0 Å². The lowest BCUT2D eigenvalue weighted by atomic mass is 9.92. The first-order valence-electron chi connectivity index (χ1n) is 7.75. The van der Waals surface area contributed by atoms with Gasteiger partial charge in [0.1, 0.15) is 0 Å². The average molecular weight is 308 g/mol. The number of allylic oxidation sites excluding steroid dienone is 1. The van der Waals surface area contributed by atoms with Crippen LogP contribution in [0, 0.1) is 6.92 Å². The molecular weight excluding hydrogens is 288 g/mol. The molecule has 1 nitrogen and oxygen atoms in total. The second-order valence-corrected chi connectivity index (χ2v) is 6.88. The Morgan fingerprint density at radius 1 is 1.00 bits per heavy atom. The third kappa shape index (κ3) is 3.50. The second-order valence-electron chi connectivity index (χ2n) is 5.70. The van der Waals surface area contributed by atoms with Crippen LogP contribution < -0.4 is 0 Å². The van der Waals surface area contributed by atoms with Gasteiger partial charge >= 0.3 is 0 Å². The highest BCUT2D eigenvalue weighted by molar-refractivity contribution is 7.99. The number of aryl methyl sites for hydroxylation is 1. The monoisotopic (exact) mass is 308 g/mol. The number of carbonyl (C=O) groups is 1. The van der Waals surface area contributed by atoms with Crippen molar-refractivity contribution in [3.8, 4) is 0 Å². The van der Waals surface area contributed by atoms with Gasteiger partial charge in [0.05, 0.1) is 5.25 Å². The van der Waals surface area contributed by atoms with Gasteiger partial charge in [-0.25, -0.2) is 0 Å². The number of hydrogen-bond donors (Lipinski definition) is 0. The maximum atomic E-state index is 12.4. The number of benzene rings is 2. The highest BCUT2D eigenvalue weighted by Crippen LogP contribution is 2.42. The molecule has 0 saturated heterocycles. The van der Waals surface area contributed by atoms with E-state index in [1.54, 1.807) is 11.8 Å². The Labute approximate surface area is 136 Å². The Hall–Kier alpha value is -1.80. The Bertz CT molecular complexity index is 671. The normalized spacial score (nSPS) is 16.2. The molecule has 1 aliphatic rings. The van der Waals surface area contributed by atoms with Crippen LogP contribution in [0.3, 0.4) is 0 Å². The molecule has 2 heteroatoms. The fourth-order valence-corrected chi connectivity index (χ4v) is 3.94. The van der Waals surface area contributed by atoms with E-state index in [1.807, 2.05) is 18.2 Å². The van der Waals surface area contributed by atoms with Crippen molar-refractivity contribution in [3.05, 3.63) is 77.4 Å². The van der Waals surface area contributed by atoms with Gasteiger partial charge in [0, 0.05) is 16.9 Å². The number of hydrogen-bond acceptors (Lipinski definition) is 2. The standard InChI is InChI=1S/C20H20OS/c1-15-11-13-17(14-12-15)22-20(16-7-3-2-4-8-16)18-9-5-6-10-19(18)21/h2-4,7-9,11-14,20H,5-6,10H2,1H3. The van der Waals surface area contributed by atoms with Crippen molar-refractivity contribution < 1.29 is 4.79 Å². The Kier molecular flexibility index (Phi) is 4.79. The summed E-state index contributed by atoms with van der Waals surface area (Å²) in [6, 6.07) is 18.9. The summed E-state index contributed by atoms with van der Waals surface area (Å²) in [6.07, 6.45) is 4.83. The van der Waals surface area contributed by atoms with Gasteiger partial charge in [-0.05, 0) is 37.5 Å². The van der Waals surface area contributed by atoms with Gasteiger partial charge < -0.3 is 0 Å². The van der Waals surface area contributed by atoms with Crippen LogP contribution in [-0.2, 0) is 4.79 Å². The van der Waals surface area contributed by atoms with E-state index in [0.29, 0.717) is 12.2 Å². The molecule has 0 N–H and O–H groups in total. The average Bonchev–Trinajstić information content (AvgIpc) is 2.56. The van der Waals surface area contributed by atoms with Crippen molar-refractivity contribution in [3.63, 3.8) is 0 Å². The number of rotatable bonds is 4. The summed E-state index contributed by atoms with van der Waals surface area (Å²) in [5.74, 6) is 0.305. The minimum atomic E-state index is 0.0942. The SMILES string of the molecule is Cc1ccc(SC(C2=CCCCC2=O)c2ccccc2)cc1. The van der Waals surface area contributed by atoms with Gasteiger partial charge in [0.25, 0.3) is 0 Å². The molecule has 22 heavy (non-hydrogen) atoms. The number of carbonyl (C=O) groups excluding carboxylic acids is 1. The largest absolute Gasteiger partial charge is 0.295 e. The molecule has 1 atom stereocenters. The molecule has 2 aromatic carbocycles. The van der Waals surface area contributed by atoms with Gasteiger partial charge in [-0.3, -0.25) is 4.79 Å². The zero-order valence-electron chi connectivity index (χ0n) is 12.8. The number of ketones is 1. The molecular formula is C20H20OS. The van der Waals surface area contributed by atoms with Crippen LogP contribution in [0.1, 0.15) is 35.6 Å². The molecule has 0 radical (unpaired) electrons. The van der Waals surface area contributed by atoms with E-state index in [-0.39, 0.29) is 5.25 Å². The van der Waals surface area contributed by atoms with Gasteiger partial charge in [0.15, 0.2) is 5.78 Å². The molecule has 3 rings (SSSR count). The smallest absolute Gasteiger partial charge is 0.160 e. The summed E-state index contributed by atoms with van der Waals surface area (Å²) < 4.78 is 0. The summed E-state index contributed by atoms with van der Waals surface area (Å²) in [5, 5.41) is 0.0942. The van der Waals surface area contributed by atoms with E-state index in [9.17, 15) is 4.79 Å². The third-order valence-electron chi connectivity index (χ3n) is 3.95. The van der Waals surface area contributed by atoms with Crippen LogP contribution in [0.15, 0.2) is 71.1 Å². The first kappa shape index (κ1) is 15.1.